The van der Waals surface area contributed by atoms with Crippen LogP contribution in [0.5, 0.6) is 0 Å². The largest absolute Gasteiger partial charge is 0.313 e. The van der Waals surface area contributed by atoms with Crippen LogP contribution >= 0.6 is 0 Å². The minimum Gasteiger partial charge on any atom is -0.313 e. The Hall–Kier alpha value is -0.910. The van der Waals surface area contributed by atoms with Gasteiger partial charge in [-0.1, -0.05) is 25.5 Å². The van der Waals surface area contributed by atoms with Crippen LogP contribution < -0.4 is 5.32 Å². The van der Waals surface area contributed by atoms with Gasteiger partial charge in [0.15, 0.2) is 0 Å². The Morgan fingerprint density at radius 2 is 1.84 bits per heavy atom. The van der Waals surface area contributed by atoms with Crippen LogP contribution in [0.15, 0.2) is 29.2 Å². The van der Waals surface area contributed by atoms with Gasteiger partial charge in [-0.25, -0.2) is 12.7 Å². The standard InChI is InChI=1S/C14H24N2O2S/c1-5-6-11-16(4)19(17,18)14-9-7-13(8-10-14)12(2)15-3/h7-10,12,15H,5-6,11H2,1-4H3. The van der Waals surface area contributed by atoms with E-state index < -0.39 is 10.0 Å². The topological polar surface area (TPSA) is 49.4 Å². The third-order valence-corrected chi connectivity index (χ3v) is 5.22. The SMILES string of the molecule is CCCCN(C)S(=O)(=O)c1ccc(C(C)NC)cc1. The van der Waals surface area contributed by atoms with E-state index >= 15 is 0 Å². The lowest BCUT2D eigenvalue weighted by Gasteiger charge is -2.17. The molecule has 0 aliphatic heterocycles. The second kappa shape index (κ2) is 7.03. The van der Waals surface area contributed by atoms with E-state index in [2.05, 4.69) is 5.32 Å². The zero-order chi connectivity index (χ0) is 14.5. The first-order chi connectivity index (χ1) is 8.93. The van der Waals surface area contributed by atoms with Crippen molar-refractivity contribution in [3.05, 3.63) is 29.8 Å². The first-order valence-electron chi connectivity index (χ1n) is 6.67. The molecule has 1 aromatic carbocycles. The molecule has 1 unspecified atom stereocenters. The van der Waals surface area contributed by atoms with Gasteiger partial charge in [-0.2, -0.15) is 0 Å². The fourth-order valence-electron chi connectivity index (χ4n) is 1.78. The number of rotatable bonds is 7. The van der Waals surface area contributed by atoms with Gasteiger partial charge in [0.05, 0.1) is 4.90 Å². The Labute approximate surface area is 116 Å². The molecular formula is C14H24N2O2S. The molecule has 108 valence electrons. The highest BCUT2D eigenvalue weighted by Crippen LogP contribution is 2.18. The maximum absolute atomic E-state index is 12.3. The molecule has 0 aliphatic carbocycles. The van der Waals surface area contributed by atoms with E-state index in [1.54, 1.807) is 19.2 Å². The van der Waals surface area contributed by atoms with E-state index in [1.165, 1.54) is 4.31 Å². The van der Waals surface area contributed by atoms with Crippen LogP contribution in [0, 0.1) is 0 Å². The van der Waals surface area contributed by atoms with Crippen molar-refractivity contribution in [2.24, 2.45) is 0 Å². The average Bonchev–Trinajstić information content (AvgIpc) is 2.43. The van der Waals surface area contributed by atoms with E-state index in [0.717, 1.165) is 18.4 Å². The Kier molecular flexibility index (Phi) is 5.97. The molecule has 0 heterocycles. The molecule has 4 nitrogen and oxygen atoms in total. The summed E-state index contributed by atoms with van der Waals surface area (Å²) in [7, 11) is 0.169. The summed E-state index contributed by atoms with van der Waals surface area (Å²) in [6.45, 7) is 4.65. The number of nitrogens with one attached hydrogen (secondary N) is 1. The molecule has 1 atom stereocenters. The van der Waals surface area contributed by atoms with Crippen molar-refractivity contribution >= 4 is 10.0 Å². The third-order valence-electron chi connectivity index (χ3n) is 3.35. The Bertz CT molecular complexity index is 483. The van der Waals surface area contributed by atoms with Gasteiger partial charge < -0.3 is 5.32 Å². The number of unbranched alkanes of at least 4 members (excludes halogenated alkanes) is 1. The molecule has 5 heteroatoms. The second-order valence-electron chi connectivity index (χ2n) is 4.76. The lowest BCUT2D eigenvalue weighted by Crippen LogP contribution is -2.28. The van der Waals surface area contributed by atoms with Crippen LogP contribution in [0.3, 0.4) is 0 Å². The van der Waals surface area contributed by atoms with Gasteiger partial charge in [0.2, 0.25) is 10.0 Å². The summed E-state index contributed by atoms with van der Waals surface area (Å²) in [6.07, 6.45) is 1.86. The van der Waals surface area contributed by atoms with Crippen LogP contribution in [-0.4, -0.2) is 33.4 Å². The Morgan fingerprint density at radius 3 is 2.32 bits per heavy atom. The van der Waals surface area contributed by atoms with Gasteiger partial charge >= 0.3 is 0 Å². The third kappa shape index (κ3) is 4.03. The first kappa shape index (κ1) is 16.1. The highest BCUT2D eigenvalue weighted by atomic mass is 32.2. The fraction of sp³-hybridized carbons (Fsp3) is 0.571. The number of nitrogens with zero attached hydrogens (tertiary/aromatic N) is 1. The van der Waals surface area contributed by atoms with E-state index in [-0.39, 0.29) is 6.04 Å². The minimum atomic E-state index is -3.35. The molecule has 0 radical (unpaired) electrons. The van der Waals surface area contributed by atoms with Crippen molar-refractivity contribution in [2.75, 3.05) is 20.6 Å². The van der Waals surface area contributed by atoms with Gasteiger partial charge in [0.25, 0.3) is 0 Å². The van der Waals surface area contributed by atoms with Crippen LogP contribution in [0.25, 0.3) is 0 Å². The normalized spacial score (nSPS) is 13.7. The fourth-order valence-corrected chi connectivity index (χ4v) is 2.99. The van der Waals surface area contributed by atoms with E-state index in [9.17, 15) is 8.42 Å². The van der Waals surface area contributed by atoms with Crippen molar-refractivity contribution in [1.29, 1.82) is 0 Å². The first-order valence-corrected chi connectivity index (χ1v) is 8.11. The van der Waals surface area contributed by atoms with Crippen molar-refractivity contribution < 1.29 is 8.42 Å². The zero-order valence-electron chi connectivity index (χ0n) is 12.2. The molecule has 0 saturated carbocycles. The summed E-state index contributed by atoms with van der Waals surface area (Å²) in [5, 5.41) is 3.13. The molecule has 0 bridgehead atoms. The van der Waals surface area contributed by atoms with Crippen LogP contribution in [0.1, 0.15) is 38.3 Å². The predicted octanol–water partition coefficient (Wildman–Crippen LogP) is 2.39. The summed E-state index contributed by atoms with van der Waals surface area (Å²) in [5.74, 6) is 0. The van der Waals surface area contributed by atoms with Crippen molar-refractivity contribution in [1.82, 2.24) is 9.62 Å². The highest BCUT2D eigenvalue weighted by molar-refractivity contribution is 7.89. The Morgan fingerprint density at radius 1 is 1.26 bits per heavy atom. The maximum atomic E-state index is 12.3. The van der Waals surface area contributed by atoms with Gasteiger partial charge in [0, 0.05) is 19.6 Å². The number of hydrogen-bond acceptors (Lipinski definition) is 3. The molecule has 1 aromatic rings. The maximum Gasteiger partial charge on any atom is 0.242 e. The number of benzene rings is 1. The van der Waals surface area contributed by atoms with E-state index in [0.29, 0.717) is 11.4 Å². The predicted molar refractivity (Wildman–Crippen MR) is 78.6 cm³/mol. The van der Waals surface area contributed by atoms with Crippen molar-refractivity contribution in [3.8, 4) is 0 Å². The average molecular weight is 284 g/mol. The smallest absolute Gasteiger partial charge is 0.242 e. The van der Waals surface area contributed by atoms with Crippen LogP contribution in [-0.2, 0) is 10.0 Å². The van der Waals surface area contributed by atoms with Crippen molar-refractivity contribution in [2.45, 2.75) is 37.6 Å². The lowest BCUT2D eigenvalue weighted by atomic mass is 10.1. The quantitative estimate of drug-likeness (QED) is 0.836. The monoisotopic (exact) mass is 284 g/mol. The molecule has 0 saturated heterocycles. The van der Waals surface area contributed by atoms with Crippen LogP contribution in [0.4, 0.5) is 0 Å². The molecule has 0 aromatic heterocycles. The van der Waals surface area contributed by atoms with Gasteiger partial charge in [-0.15, -0.1) is 0 Å². The summed E-state index contributed by atoms with van der Waals surface area (Å²) < 4.78 is 26.0. The van der Waals surface area contributed by atoms with E-state index in [4.69, 9.17) is 0 Å². The summed E-state index contributed by atoms with van der Waals surface area (Å²) >= 11 is 0. The van der Waals surface area contributed by atoms with Gasteiger partial charge in [0.1, 0.15) is 0 Å². The molecule has 0 spiro atoms. The van der Waals surface area contributed by atoms with E-state index in [1.807, 2.05) is 33.0 Å². The molecule has 1 rings (SSSR count). The molecule has 1 N–H and O–H groups in total. The summed E-state index contributed by atoms with van der Waals surface area (Å²) in [5.41, 5.74) is 1.08. The Balaban J connectivity index is 2.90. The number of hydrogen-bond donors (Lipinski definition) is 1. The summed E-state index contributed by atoms with van der Waals surface area (Å²) in [6, 6.07) is 7.31. The minimum absolute atomic E-state index is 0.217. The molecule has 0 fully saturated rings. The van der Waals surface area contributed by atoms with Gasteiger partial charge in [-0.3, -0.25) is 0 Å². The molecule has 0 aliphatic rings. The zero-order valence-corrected chi connectivity index (χ0v) is 13.0. The van der Waals surface area contributed by atoms with Crippen molar-refractivity contribution in [3.63, 3.8) is 0 Å². The lowest BCUT2D eigenvalue weighted by molar-refractivity contribution is 0.459. The molecular weight excluding hydrogens is 260 g/mol. The highest BCUT2D eigenvalue weighted by Gasteiger charge is 2.20. The summed E-state index contributed by atoms with van der Waals surface area (Å²) in [4.78, 5) is 0.359. The van der Waals surface area contributed by atoms with Crippen LogP contribution in [0.2, 0.25) is 0 Å². The number of sulfonamides is 1. The molecule has 0 amide bonds. The van der Waals surface area contributed by atoms with Gasteiger partial charge in [-0.05, 0) is 38.1 Å². The second-order valence-corrected chi connectivity index (χ2v) is 6.80. The molecule has 19 heavy (non-hydrogen) atoms.